The predicted octanol–water partition coefficient (Wildman–Crippen LogP) is 2.45. The van der Waals surface area contributed by atoms with Crippen LogP contribution in [0.5, 0.6) is 5.75 Å². The van der Waals surface area contributed by atoms with Gasteiger partial charge >= 0.3 is 0 Å². The molecule has 4 nitrogen and oxygen atoms in total. The minimum atomic E-state index is 0.0514. The highest BCUT2D eigenvalue weighted by molar-refractivity contribution is 5.94. The Bertz CT molecular complexity index is 573. The number of ether oxygens (including phenoxy) is 1. The number of nitrogens with zero attached hydrogens (tertiary/aromatic N) is 2. The lowest BCUT2D eigenvalue weighted by Gasteiger charge is -2.10. The fourth-order valence-corrected chi connectivity index (χ4v) is 1.85. The van der Waals surface area contributed by atoms with E-state index in [4.69, 9.17) is 4.74 Å². The Kier molecular flexibility index (Phi) is 3.46. The van der Waals surface area contributed by atoms with Crippen LogP contribution in [0.2, 0.25) is 0 Å². The third-order valence-corrected chi connectivity index (χ3v) is 2.79. The number of benzene rings is 1. The first-order valence-corrected chi connectivity index (χ1v) is 5.78. The van der Waals surface area contributed by atoms with Gasteiger partial charge in [0.05, 0.1) is 19.3 Å². The smallest absolute Gasteiger partial charge is 0.159 e. The number of aromatic nitrogens is 2. The Morgan fingerprint density at radius 3 is 2.72 bits per heavy atom. The van der Waals surface area contributed by atoms with Gasteiger partial charge < -0.3 is 4.74 Å². The van der Waals surface area contributed by atoms with E-state index >= 15 is 0 Å². The molecule has 0 saturated heterocycles. The first kappa shape index (κ1) is 12.4. The molecule has 1 aromatic carbocycles. The van der Waals surface area contributed by atoms with Gasteiger partial charge in [0.25, 0.3) is 0 Å². The van der Waals surface area contributed by atoms with Crippen LogP contribution in [0.1, 0.15) is 28.5 Å². The summed E-state index contributed by atoms with van der Waals surface area (Å²) < 4.78 is 7.14. The van der Waals surface area contributed by atoms with Crippen molar-refractivity contribution < 1.29 is 9.53 Å². The highest BCUT2D eigenvalue weighted by Crippen LogP contribution is 2.21. The number of carbonyl (C=O) groups excluding carboxylic acids is 1. The molecule has 0 unspecified atom stereocenters. The predicted molar refractivity (Wildman–Crippen MR) is 69.1 cm³/mol. The van der Waals surface area contributed by atoms with Crippen molar-refractivity contribution in [2.24, 2.45) is 0 Å². The topological polar surface area (TPSA) is 44.1 Å². The monoisotopic (exact) mass is 244 g/mol. The third-order valence-electron chi connectivity index (χ3n) is 2.79. The van der Waals surface area contributed by atoms with Crippen molar-refractivity contribution in [1.82, 2.24) is 9.78 Å². The molecule has 94 valence electrons. The molecule has 0 aliphatic carbocycles. The lowest BCUT2D eigenvalue weighted by atomic mass is 10.1. The average Bonchev–Trinajstić information content (AvgIpc) is 2.74. The van der Waals surface area contributed by atoms with Crippen LogP contribution in [-0.2, 0) is 6.54 Å². The van der Waals surface area contributed by atoms with Crippen molar-refractivity contribution in [2.45, 2.75) is 20.4 Å². The summed E-state index contributed by atoms with van der Waals surface area (Å²) in [5.41, 5.74) is 2.61. The fourth-order valence-electron chi connectivity index (χ4n) is 1.85. The number of aryl methyl sites for hydroxylation is 1. The molecule has 0 atom stereocenters. The van der Waals surface area contributed by atoms with E-state index in [-0.39, 0.29) is 5.78 Å². The van der Waals surface area contributed by atoms with E-state index in [1.807, 2.05) is 36.0 Å². The Morgan fingerprint density at radius 2 is 2.17 bits per heavy atom. The summed E-state index contributed by atoms with van der Waals surface area (Å²) in [4.78, 5) is 11.4. The van der Waals surface area contributed by atoms with Gasteiger partial charge in [-0.3, -0.25) is 9.48 Å². The highest BCUT2D eigenvalue weighted by Gasteiger charge is 2.08. The lowest BCUT2D eigenvalue weighted by Crippen LogP contribution is -2.04. The van der Waals surface area contributed by atoms with Gasteiger partial charge in [0, 0.05) is 17.3 Å². The average molecular weight is 244 g/mol. The van der Waals surface area contributed by atoms with Gasteiger partial charge in [-0.05, 0) is 38.1 Å². The van der Waals surface area contributed by atoms with Crippen LogP contribution in [0.4, 0.5) is 0 Å². The summed E-state index contributed by atoms with van der Waals surface area (Å²) in [5, 5.41) is 4.33. The van der Waals surface area contributed by atoms with E-state index in [0.29, 0.717) is 12.1 Å². The number of ketones is 1. The zero-order chi connectivity index (χ0) is 13.1. The Balaban J connectivity index is 2.35. The van der Waals surface area contributed by atoms with Crippen molar-refractivity contribution in [3.63, 3.8) is 0 Å². The van der Waals surface area contributed by atoms with Crippen molar-refractivity contribution >= 4 is 5.78 Å². The lowest BCUT2D eigenvalue weighted by molar-refractivity contribution is 0.101. The van der Waals surface area contributed by atoms with E-state index in [1.54, 1.807) is 20.1 Å². The van der Waals surface area contributed by atoms with E-state index in [9.17, 15) is 4.79 Å². The maximum Gasteiger partial charge on any atom is 0.159 e. The molecule has 4 heteroatoms. The Morgan fingerprint density at radius 1 is 1.39 bits per heavy atom. The summed E-state index contributed by atoms with van der Waals surface area (Å²) in [5.74, 6) is 0.823. The first-order chi connectivity index (χ1) is 8.60. The van der Waals surface area contributed by atoms with Crippen LogP contribution in [0.25, 0.3) is 0 Å². The second-order valence-corrected chi connectivity index (χ2v) is 4.24. The molecule has 0 radical (unpaired) electrons. The van der Waals surface area contributed by atoms with Crippen LogP contribution in [-0.4, -0.2) is 22.7 Å². The fraction of sp³-hybridized carbons (Fsp3) is 0.286. The quantitative estimate of drug-likeness (QED) is 0.776. The van der Waals surface area contributed by atoms with Gasteiger partial charge in [-0.1, -0.05) is 0 Å². The number of Topliss-reactive ketones (excluding diaryl/α,β-unsaturated/α-hetero) is 1. The van der Waals surface area contributed by atoms with E-state index in [1.165, 1.54) is 0 Å². The number of carbonyl (C=O) groups is 1. The van der Waals surface area contributed by atoms with Crippen molar-refractivity contribution in [1.29, 1.82) is 0 Å². The second-order valence-electron chi connectivity index (χ2n) is 4.24. The van der Waals surface area contributed by atoms with E-state index in [0.717, 1.165) is 17.0 Å². The molecule has 18 heavy (non-hydrogen) atoms. The minimum Gasteiger partial charge on any atom is -0.496 e. The zero-order valence-electron chi connectivity index (χ0n) is 10.8. The van der Waals surface area contributed by atoms with Gasteiger partial charge in [0.15, 0.2) is 5.78 Å². The minimum absolute atomic E-state index is 0.0514. The van der Waals surface area contributed by atoms with Crippen LogP contribution in [0, 0.1) is 6.92 Å². The molecule has 1 aromatic heterocycles. The number of methoxy groups -OCH3 is 1. The molecule has 2 aromatic rings. The zero-order valence-corrected chi connectivity index (χ0v) is 10.8. The second kappa shape index (κ2) is 5.04. The van der Waals surface area contributed by atoms with Crippen molar-refractivity contribution in [2.75, 3.05) is 7.11 Å². The standard InChI is InChI=1S/C14H16N2O2/c1-10-6-7-16(15-10)9-13-8-12(11(2)17)4-5-14(13)18-3/h4-8H,9H2,1-3H3. The number of rotatable bonds is 4. The summed E-state index contributed by atoms with van der Waals surface area (Å²) in [7, 11) is 1.63. The molecule has 2 rings (SSSR count). The largest absolute Gasteiger partial charge is 0.496 e. The molecule has 0 fully saturated rings. The summed E-state index contributed by atoms with van der Waals surface area (Å²) in [6, 6.07) is 7.40. The van der Waals surface area contributed by atoms with Crippen molar-refractivity contribution in [3.8, 4) is 5.75 Å². The molecule has 0 N–H and O–H groups in total. The first-order valence-electron chi connectivity index (χ1n) is 5.78. The van der Waals surface area contributed by atoms with Gasteiger partial charge in [0.1, 0.15) is 5.75 Å². The molecule has 0 aliphatic rings. The highest BCUT2D eigenvalue weighted by atomic mass is 16.5. The maximum absolute atomic E-state index is 11.4. The van der Waals surface area contributed by atoms with Crippen LogP contribution >= 0.6 is 0 Å². The molecule has 0 amide bonds. The van der Waals surface area contributed by atoms with Crippen LogP contribution < -0.4 is 4.74 Å². The van der Waals surface area contributed by atoms with E-state index < -0.39 is 0 Å². The SMILES string of the molecule is COc1ccc(C(C)=O)cc1Cn1ccc(C)n1. The van der Waals surface area contributed by atoms with Gasteiger partial charge in [-0.25, -0.2) is 0 Å². The normalized spacial score (nSPS) is 10.4. The molecule has 0 bridgehead atoms. The molecular weight excluding hydrogens is 228 g/mol. The summed E-state index contributed by atoms with van der Waals surface area (Å²) in [6.45, 7) is 4.10. The van der Waals surface area contributed by atoms with Gasteiger partial charge in [-0.15, -0.1) is 0 Å². The number of hydrogen-bond donors (Lipinski definition) is 0. The van der Waals surface area contributed by atoms with Crippen LogP contribution in [0.3, 0.4) is 0 Å². The molecule has 0 aliphatic heterocycles. The van der Waals surface area contributed by atoms with Gasteiger partial charge in [-0.2, -0.15) is 5.10 Å². The summed E-state index contributed by atoms with van der Waals surface area (Å²) in [6.07, 6.45) is 1.91. The Hall–Kier alpha value is -2.10. The Labute approximate surface area is 106 Å². The van der Waals surface area contributed by atoms with Crippen molar-refractivity contribution in [3.05, 3.63) is 47.3 Å². The van der Waals surface area contributed by atoms with E-state index in [2.05, 4.69) is 5.10 Å². The number of hydrogen-bond acceptors (Lipinski definition) is 3. The molecular formula is C14H16N2O2. The molecule has 0 spiro atoms. The molecule has 1 heterocycles. The third kappa shape index (κ3) is 2.59. The van der Waals surface area contributed by atoms with Crippen LogP contribution in [0.15, 0.2) is 30.5 Å². The van der Waals surface area contributed by atoms with Gasteiger partial charge in [0.2, 0.25) is 0 Å². The summed E-state index contributed by atoms with van der Waals surface area (Å²) >= 11 is 0. The molecule has 0 saturated carbocycles. The maximum atomic E-state index is 11.4.